The van der Waals surface area contributed by atoms with E-state index in [1.54, 1.807) is 10.4 Å². The molecule has 0 atom stereocenters. The molecule has 0 unspecified atom stereocenters. The smallest absolute Gasteiger partial charge is 0.243 e. The minimum absolute atomic E-state index is 0.0774. The highest BCUT2D eigenvalue weighted by Gasteiger charge is 2.33. The maximum Gasteiger partial charge on any atom is 0.243 e. The van der Waals surface area contributed by atoms with Crippen LogP contribution in [-0.2, 0) is 27.7 Å². The molecular weight excluding hydrogens is 422 g/mol. The van der Waals surface area contributed by atoms with Crippen LogP contribution in [0.3, 0.4) is 0 Å². The van der Waals surface area contributed by atoms with Crippen LogP contribution in [0.2, 0.25) is 0 Å². The second-order valence-electron chi connectivity index (χ2n) is 9.99. The second-order valence-corrected chi connectivity index (χ2v) is 11.9. The van der Waals surface area contributed by atoms with Gasteiger partial charge in [0.1, 0.15) is 0 Å². The van der Waals surface area contributed by atoms with Gasteiger partial charge in [0.15, 0.2) is 0 Å². The van der Waals surface area contributed by atoms with Gasteiger partial charge in [0.05, 0.1) is 4.90 Å². The largest absolute Gasteiger partial charge is 0.344 e. The van der Waals surface area contributed by atoms with Crippen molar-refractivity contribution in [1.82, 2.24) is 14.1 Å². The predicted molar refractivity (Wildman–Crippen MR) is 127 cm³/mol. The fourth-order valence-corrected chi connectivity index (χ4v) is 7.16. The number of carbonyl (C=O) groups is 1. The molecule has 2 aliphatic carbocycles. The Bertz CT molecular complexity index is 903. The standard InChI is InChI=1S/C25H39N3O3S/c1-26(23-9-4-3-5-10-23)17-18-27(2)25(29)21-13-15-28(16-14-21)32(30,31)24-12-11-20-7-6-8-22(20)19-24/h11-12,19,21,23H,3-10,13-18H2,1-2H3. The van der Waals surface area contributed by atoms with Crippen LogP contribution >= 0.6 is 0 Å². The number of fused-ring (bicyclic) bond motifs is 1. The van der Waals surface area contributed by atoms with Crippen LogP contribution in [0, 0.1) is 5.92 Å². The fourth-order valence-electron chi connectivity index (χ4n) is 5.63. The highest BCUT2D eigenvalue weighted by atomic mass is 32.2. The fraction of sp³-hybridized carbons (Fsp3) is 0.720. The number of amides is 1. The van der Waals surface area contributed by atoms with Crippen LogP contribution in [0.25, 0.3) is 0 Å². The first kappa shape index (κ1) is 23.7. The molecule has 1 aliphatic heterocycles. The Kier molecular flexibility index (Phi) is 7.58. The van der Waals surface area contributed by atoms with Crippen molar-refractivity contribution in [3.8, 4) is 0 Å². The van der Waals surface area contributed by atoms with Gasteiger partial charge in [-0.25, -0.2) is 8.42 Å². The van der Waals surface area contributed by atoms with Crippen molar-refractivity contribution in [3.05, 3.63) is 29.3 Å². The molecule has 6 nitrogen and oxygen atoms in total. The molecule has 0 spiro atoms. The van der Waals surface area contributed by atoms with Crippen molar-refractivity contribution < 1.29 is 13.2 Å². The lowest BCUT2D eigenvalue weighted by atomic mass is 9.94. The van der Waals surface area contributed by atoms with Gasteiger partial charge in [-0.05, 0) is 75.3 Å². The number of likely N-dealkylation sites (N-methyl/N-ethyl adjacent to an activating group) is 2. The van der Waals surface area contributed by atoms with Crippen molar-refractivity contribution >= 4 is 15.9 Å². The molecular formula is C25H39N3O3S. The SMILES string of the molecule is CN(CCN(C)C1CCCCC1)C(=O)C1CCN(S(=O)(=O)c2ccc3c(c2)CCC3)CC1. The molecule has 3 aliphatic rings. The van der Waals surface area contributed by atoms with Crippen LogP contribution < -0.4 is 0 Å². The summed E-state index contributed by atoms with van der Waals surface area (Å²) < 4.78 is 27.9. The van der Waals surface area contributed by atoms with Gasteiger partial charge in [0.25, 0.3) is 0 Å². The van der Waals surface area contributed by atoms with Gasteiger partial charge in [-0.1, -0.05) is 25.3 Å². The van der Waals surface area contributed by atoms with Crippen molar-refractivity contribution in [2.75, 3.05) is 40.3 Å². The lowest BCUT2D eigenvalue weighted by Crippen LogP contribution is -2.45. The number of sulfonamides is 1. The summed E-state index contributed by atoms with van der Waals surface area (Å²) in [5, 5.41) is 0. The van der Waals surface area contributed by atoms with Gasteiger partial charge in [-0.3, -0.25) is 4.79 Å². The zero-order chi connectivity index (χ0) is 22.7. The van der Waals surface area contributed by atoms with E-state index in [4.69, 9.17) is 0 Å². The predicted octanol–water partition coefficient (Wildman–Crippen LogP) is 3.30. The Morgan fingerprint density at radius 2 is 1.62 bits per heavy atom. The third-order valence-electron chi connectivity index (χ3n) is 7.87. The molecule has 0 bridgehead atoms. The maximum atomic E-state index is 13.2. The molecule has 7 heteroatoms. The molecule has 0 radical (unpaired) electrons. The summed E-state index contributed by atoms with van der Waals surface area (Å²) in [7, 11) is 0.586. The Morgan fingerprint density at radius 3 is 2.34 bits per heavy atom. The quantitative estimate of drug-likeness (QED) is 0.625. The van der Waals surface area contributed by atoms with E-state index in [0.29, 0.717) is 36.9 Å². The van der Waals surface area contributed by atoms with Crippen LogP contribution in [-0.4, -0.2) is 74.7 Å². The average Bonchev–Trinajstić information content (AvgIpc) is 3.30. The molecule has 0 N–H and O–H groups in total. The Morgan fingerprint density at radius 1 is 0.938 bits per heavy atom. The van der Waals surface area contributed by atoms with Gasteiger partial charge < -0.3 is 9.80 Å². The van der Waals surface area contributed by atoms with Crippen molar-refractivity contribution in [2.24, 2.45) is 5.92 Å². The molecule has 1 saturated heterocycles. The molecule has 1 aromatic carbocycles. The first-order chi connectivity index (χ1) is 15.4. The first-order valence-corrected chi connectivity index (χ1v) is 13.9. The second kappa shape index (κ2) is 10.2. The van der Waals surface area contributed by atoms with E-state index >= 15 is 0 Å². The van der Waals surface area contributed by atoms with Crippen molar-refractivity contribution in [3.63, 3.8) is 0 Å². The van der Waals surface area contributed by atoms with E-state index in [9.17, 15) is 13.2 Å². The van der Waals surface area contributed by atoms with E-state index in [0.717, 1.165) is 32.4 Å². The first-order valence-electron chi connectivity index (χ1n) is 12.4. The van der Waals surface area contributed by atoms with Gasteiger partial charge in [0.2, 0.25) is 15.9 Å². The lowest BCUT2D eigenvalue weighted by Gasteiger charge is -2.34. The van der Waals surface area contributed by atoms with Gasteiger partial charge >= 0.3 is 0 Å². The highest BCUT2D eigenvalue weighted by Crippen LogP contribution is 2.29. The molecule has 2 fully saturated rings. The number of hydrogen-bond acceptors (Lipinski definition) is 4. The molecule has 1 amide bonds. The summed E-state index contributed by atoms with van der Waals surface area (Å²) >= 11 is 0. The summed E-state index contributed by atoms with van der Waals surface area (Å²) in [5.41, 5.74) is 2.46. The molecule has 178 valence electrons. The number of hydrogen-bond donors (Lipinski definition) is 0. The number of aryl methyl sites for hydroxylation is 2. The Balaban J connectivity index is 1.27. The summed E-state index contributed by atoms with van der Waals surface area (Å²) in [6.07, 6.45) is 10.9. The van der Waals surface area contributed by atoms with Gasteiger partial charge in [-0.15, -0.1) is 0 Å². The van der Waals surface area contributed by atoms with E-state index in [1.165, 1.54) is 43.2 Å². The summed E-state index contributed by atoms with van der Waals surface area (Å²) in [4.78, 5) is 17.7. The molecule has 1 aromatic rings. The number of carbonyl (C=O) groups excluding carboxylic acids is 1. The summed E-state index contributed by atoms with van der Waals surface area (Å²) in [6.45, 7) is 2.48. The number of rotatable bonds is 7. The van der Waals surface area contributed by atoms with Crippen molar-refractivity contribution in [1.29, 1.82) is 0 Å². The molecule has 32 heavy (non-hydrogen) atoms. The van der Waals surface area contributed by atoms with Crippen LogP contribution in [0.4, 0.5) is 0 Å². The van der Waals surface area contributed by atoms with Crippen LogP contribution in [0.15, 0.2) is 23.1 Å². The van der Waals surface area contributed by atoms with Gasteiger partial charge in [-0.2, -0.15) is 4.31 Å². The number of benzene rings is 1. The third kappa shape index (κ3) is 5.20. The minimum atomic E-state index is -3.49. The van der Waals surface area contributed by atoms with Gasteiger partial charge in [0, 0.05) is 45.2 Å². The summed E-state index contributed by atoms with van der Waals surface area (Å²) in [6, 6.07) is 6.25. The van der Waals surface area contributed by atoms with E-state index < -0.39 is 10.0 Å². The third-order valence-corrected chi connectivity index (χ3v) is 9.77. The minimum Gasteiger partial charge on any atom is -0.344 e. The maximum absolute atomic E-state index is 13.2. The van der Waals surface area contributed by atoms with E-state index in [-0.39, 0.29) is 11.8 Å². The molecule has 4 rings (SSSR count). The zero-order valence-corrected chi connectivity index (χ0v) is 20.6. The number of nitrogens with zero attached hydrogens (tertiary/aromatic N) is 3. The van der Waals surface area contributed by atoms with E-state index in [1.807, 2.05) is 24.1 Å². The van der Waals surface area contributed by atoms with Crippen LogP contribution in [0.5, 0.6) is 0 Å². The van der Waals surface area contributed by atoms with E-state index in [2.05, 4.69) is 11.9 Å². The average molecular weight is 462 g/mol. The Labute approximate surface area is 194 Å². The van der Waals surface area contributed by atoms with Crippen LogP contribution in [0.1, 0.15) is 62.5 Å². The monoisotopic (exact) mass is 461 g/mol. The number of piperidine rings is 1. The molecule has 1 saturated carbocycles. The normalized spacial score (nSPS) is 21.1. The van der Waals surface area contributed by atoms with Crippen molar-refractivity contribution in [2.45, 2.75) is 75.1 Å². The zero-order valence-electron chi connectivity index (χ0n) is 19.8. The Hall–Kier alpha value is -1.44. The summed E-state index contributed by atoms with van der Waals surface area (Å²) in [5.74, 6) is 0.0862. The highest BCUT2D eigenvalue weighted by molar-refractivity contribution is 7.89. The lowest BCUT2D eigenvalue weighted by molar-refractivity contribution is -0.135. The molecule has 1 heterocycles. The molecule has 0 aromatic heterocycles. The topological polar surface area (TPSA) is 60.9 Å².